The zero-order valence-corrected chi connectivity index (χ0v) is 16.7. The molecule has 0 unspecified atom stereocenters. The predicted molar refractivity (Wildman–Crippen MR) is 113 cm³/mol. The molecule has 0 radical (unpaired) electrons. The number of rotatable bonds is 5. The summed E-state index contributed by atoms with van der Waals surface area (Å²) >= 11 is 5.92. The summed E-state index contributed by atoms with van der Waals surface area (Å²) in [6, 6.07) is 15.2. The minimum absolute atomic E-state index is 0.0123. The first-order chi connectivity index (χ1) is 14.4. The molecule has 1 aromatic heterocycles. The molecular formula is C23H17ClF3N3. The van der Waals surface area contributed by atoms with E-state index in [-0.39, 0.29) is 29.4 Å². The molecule has 3 aromatic carbocycles. The van der Waals surface area contributed by atoms with Crippen LogP contribution in [0.3, 0.4) is 0 Å². The minimum Gasteiger partial charge on any atom is -0.379 e. The molecule has 0 fully saturated rings. The Balaban J connectivity index is 1.60. The number of nitrogens with zero attached hydrogens (tertiary/aromatic N) is 1. The van der Waals surface area contributed by atoms with Gasteiger partial charge in [0, 0.05) is 17.6 Å². The van der Waals surface area contributed by atoms with Crippen LogP contribution >= 0.6 is 11.6 Å². The first kappa shape index (κ1) is 20.0. The van der Waals surface area contributed by atoms with Crippen molar-refractivity contribution in [3.63, 3.8) is 0 Å². The summed E-state index contributed by atoms with van der Waals surface area (Å²) in [6.07, 6.45) is 0. The zero-order chi connectivity index (χ0) is 21.3. The van der Waals surface area contributed by atoms with Crippen LogP contribution in [0.25, 0.3) is 22.6 Å². The normalized spacial score (nSPS) is 11.0. The van der Waals surface area contributed by atoms with Crippen LogP contribution in [0.2, 0.25) is 5.02 Å². The van der Waals surface area contributed by atoms with Crippen LogP contribution in [-0.4, -0.2) is 9.97 Å². The molecule has 1 heterocycles. The van der Waals surface area contributed by atoms with Crippen LogP contribution in [-0.2, 0) is 6.54 Å². The largest absolute Gasteiger partial charge is 0.379 e. The Labute approximate surface area is 176 Å². The van der Waals surface area contributed by atoms with Gasteiger partial charge in [-0.25, -0.2) is 18.2 Å². The van der Waals surface area contributed by atoms with E-state index in [0.717, 1.165) is 17.7 Å². The van der Waals surface area contributed by atoms with Gasteiger partial charge in [0.15, 0.2) is 0 Å². The van der Waals surface area contributed by atoms with Crippen LogP contribution in [0, 0.1) is 24.4 Å². The second-order valence-corrected chi connectivity index (χ2v) is 7.28. The third-order valence-electron chi connectivity index (χ3n) is 4.70. The molecule has 0 aliphatic carbocycles. The Bertz CT molecular complexity index is 1200. The van der Waals surface area contributed by atoms with Crippen molar-refractivity contribution in [1.82, 2.24) is 9.97 Å². The number of aromatic nitrogens is 2. The average molecular weight is 428 g/mol. The van der Waals surface area contributed by atoms with Gasteiger partial charge in [-0.3, -0.25) is 0 Å². The summed E-state index contributed by atoms with van der Waals surface area (Å²) in [6.45, 7) is 1.95. The molecule has 0 saturated carbocycles. The van der Waals surface area contributed by atoms with Gasteiger partial charge in [0.2, 0.25) is 0 Å². The van der Waals surface area contributed by atoms with Crippen molar-refractivity contribution in [2.75, 3.05) is 5.32 Å². The number of imidazole rings is 1. The quantitative estimate of drug-likeness (QED) is 0.370. The first-order valence-corrected chi connectivity index (χ1v) is 9.59. The van der Waals surface area contributed by atoms with Gasteiger partial charge in [0.25, 0.3) is 0 Å². The maximum absolute atomic E-state index is 14.8. The molecule has 4 rings (SSSR count). The molecule has 4 aromatic rings. The van der Waals surface area contributed by atoms with Gasteiger partial charge in [0.05, 0.1) is 22.6 Å². The van der Waals surface area contributed by atoms with Crippen LogP contribution < -0.4 is 5.32 Å². The number of aryl methyl sites for hydroxylation is 1. The Morgan fingerprint density at radius 3 is 2.47 bits per heavy atom. The second-order valence-electron chi connectivity index (χ2n) is 6.85. The van der Waals surface area contributed by atoms with E-state index in [2.05, 4.69) is 15.3 Å². The summed E-state index contributed by atoms with van der Waals surface area (Å²) < 4.78 is 42.6. The lowest BCUT2D eigenvalue weighted by Gasteiger charge is -2.10. The molecule has 0 atom stereocenters. The lowest BCUT2D eigenvalue weighted by molar-refractivity contribution is 0.604. The van der Waals surface area contributed by atoms with Crippen molar-refractivity contribution in [3.8, 4) is 22.6 Å². The topological polar surface area (TPSA) is 40.7 Å². The highest BCUT2D eigenvalue weighted by molar-refractivity contribution is 6.30. The summed E-state index contributed by atoms with van der Waals surface area (Å²) in [7, 11) is 0. The van der Waals surface area contributed by atoms with Gasteiger partial charge in [-0.1, -0.05) is 35.9 Å². The number of nitrogens with one attached hydrogen (secondary N) is 2. The summed E-state index contributed by atoms with van der Waals surface area (Å²) in [5, 5.41) is 3.40. The van der Waals surface area contributed by atoms with E-state index in [1.807, 2.05) is 12.1 Å². The monoisotopic (exact) mass is 427 g/mol. The van der Waals surface area contributed by atoms with E-state index in [4.69, 9.17) is 11.6 Å². The number of anilines is 1. The van der Waals surface area contributed by atoms with Crippen LogP contribution in [0.1, 0.15) is 11.3 Å². The number of benzene rings is 3. The molecule has 0 aliphatic heterocycles. The van der Waals surface area contributed by atoms with E-state index < -0.39 is 11.6 Å². The SMILES string of the molecule is Cc1nc(-c2cc(F)c(NCc3cccc(F)c3)cc2F)[nH]c1-c1ccc(Cl)cc1. The average Bonchev–Trinajstić information content (AvgIpc) is 3.10. The van der Waals surface area contributed by atoms with Gasteiger partial charge < -0.3 is 10.3 Å². The number of hydrogen-bond donors (Lipinski definition) is 2. The fourth-order valence-electron chi connectivity index (χ4n) is 3.19. The van der Waals surface area contributed by atoms with Crippen molar-refractivity contribution in [2.24, 2.45) is 0 Å². The lowest BCUT2D eigenvalue weighted by atomic mass is 10.1. The fourth-order valence-corrected chi connectivity index (χ4v) is 3.32. The molecule has 30 heavy (non-hydrogen) atoms. The zero-order valence-electron chi connectivity index (χ0n) is 15.9. The van der Waals surface area contributed by atoms with Crippen LogP contribution in [0.5, 0.6) is 0 Å². The molecular weight excluding hydrogens is 411 g/mol. The maximum atomic E-state index is 14.8. The summed E-state index contributed by atoms with van der Waals surface area (Å²) in [5.41, 5.74) is 2.82. The minimum atomic E-state index is -0.634. The number of hydrogen-bond acceptors (Lipinski definition) is 2. The molecule has 0 amide bonds. The predicted octanol–water partition coefficient (Wildman–Crippen LogP) is 6.73. The van der Waals surface area contributed by atoms with Crippen molar-refractivity contribution in [1.29, 1.82) is 0 Å². The van der Waals surface area contributed by atoms with Gasteiger partial charge in [-0.2, -0.15) is 0 Å². The molecule has 0 saturated heterocycles. The Kier molecular flexibility index (Phi) is 5.50. The van der Waals surface area contributed by atoms with Gasteiger partial charge in [-0.15, -0.1) is 0 Å². The summed E-state index contributed by atoms with van der Waals surface area (Å²) in [4.78, 5) is 7.42. The van der Waals surface area contributed by atoms with E-state index in [1.54, 1.807) is 31.2 Å². The third kappa shape index (κ3) is 4.19. The second kappa shape index (κ2) is 8.24. The van der Waals surface area contributed by atoms with Crippen molar-refractivity contribution < 1.29 is 13.2 Å². The standard InChI is InChI=1S/C23H17ClF3N3/c1-13-22(15-5-7-16(24)8-6-15)30-23(29-13)18-10-20(27)21(11-19(18)26)28-12-14-3-2-4-17(25)9-14/h2-11,28H,12H2,1H3,(H,29,30). The number of aromatic amines is 1. The Morgan fingerprint density at radius 2 is 1.73 bits per heavy atom. The third-order valence-corrected chi connectivity index (χ3v) is 4.95. The highest BCUT2D eigenvalue weighted by Gasteiger charge is 2.17. The number of halogens is 4. The number of H-pyrrole nitrogens is 1. The maximum Gasteiger partial charge on any atom is 0.147 e. The van der Waals surface area contributed by atoms with Gasteiger partial charge in [-0.05, 0) is 48.4 Å². The molecule has 2 N–H and O–H groups in total. The highest BCUT2D eigenvalue weighted by atomic mass is 35.5. The van der Waals surface area contributed by atoms with Crippen molar-refractivity contribution >= 4 is 17.3 Å². The van der Waals surface area contributed by atoms with E-state index in [1.165, 1.54) is 12.1 Å². The van der Waals surface area contributed by atoms with Crippen LogP contribution in [0.4, 0.5) is 18.9 Å². The molecule has 0 aliphatic rings. The van der Waals surface area contributed by atoms with Crippen molar-refractivity contribution in [3.05, 3.63) is 94.4 Å². The lowest BCUT2D eigenvalue weighted by Crippen LogP contribution is -2.03. The Hall–Kier alpha value is -3.25. The van der Waals surface area contributed by atoms with E-state index >= 15 is 0 Å². The van der Waals surface area contributed by atoms with E-state index in [9.17, 15) is 13.2 Å². The first-order valence-electron chi connectivity index (χ1n) is 9.21. The molecule has 0 bridgehead atoms. The van der Waals surface area contributed by atoms with Crippen LogP contribution in [0.15, 0.2) is 60.7 Å². The molecule has 7 heteroatoms. The summed E-state index contributed by atoms with van der Waals surface area (Å²) in [5.74, 6) is -1.43. The smallest absolute Gasteiger partial charge is 0.147 e. The van der Waals surface area contributed by atoms with Gasteiger partial charge >= 0.3 is 0 Å². The molecule has 3 nitrogen and oxygen atoms in total. The molecule has 152 valence electrons. The molecule has 0 spiro atoms. The fraction of sp³-hybridized carbons (Fsp3) is 0.0870. The van der Waals surface area contributed by atoms with Gasteiger partial charge in [0.1, 0.15) is 23.3 Å². The Morgan fingerprint density at radius 1 is 0.967 bits per heavy atom. The van der Waals surface area contributed by atoms with E-state index in [0.29, 0.717) is 22.0 Å². The van der Waals surface area contributed by atoms with Crippen molar-refractivity contribution in [2.45, 2.75) is 13.5 Å². The highest BCUT2D eigenvalue weighted by Crippen LogP contribution is 2.30.